The SMILES string of the molecule is CS(=O)(=O)Nc1ccc(C2=NN(c3nc(-c4ccccc4)c4cc(Cl)ccc4n3)[C@@H](c3ccco3)C2)cc1. The molecule has 1 N–H and O–H groups in total. The molecule has 1 atom stereocenters. The molecule has 1 aliphatic heterocycles. The van der Waals surface area contributed by atoms with E-state index in [4.69, 9.17) is 31.1 Å². The van der Waals surface area contributed by atoms with Gasteiger partial charge in [0.25, 0.3) is 0 Å². The van der Waals surface area contributed by atoms with E-state index in [1.807, 2.05) is 72.8 Å². The molecule has 0 spiro atoms. The summed E-state index contributed by atoms with van der Waals surface area (Å²) in [5.74, 6) is 1.17. The Morgan fingerprint density at radius 3 is 2.45 bits per heavy atom. The van der Waals surface area contributed by atoms with Gasteiger partial charge in [-0.2, -0.15) is 5.10 Å². The van der Waals surface area contributed by atoms with Crippen molar-refractivity contribution in [1.82, 2.24) is 9.97 Å². The molecule has 3 heterocycles. The average molecular weight is 544 g/mol. The molecule has 0 aliphatic carbocycles. The number of nitrogens with zero attached hydrogens (tertiary/aromatic N) is 4. The Balaban J connectivity index is 1.46. The number of halogens is 1. The van der Waals surface area contributed by atoms with Crippen LogP contribution in [0.5, 0.6) is 0 Å². The highest BCUT2D eigenvalue weighted by Crippen LogP contribution is 2.38. The van der Waals surface area contributed by atoms with Crippen molar-refractivity contribution in [2.24, 2.45) is 5.10 Å². The number of furan rings is 1. The van der Waals surface area contributed by atoms with Gasteiger partial charge in [-0.25, -0.2) is 23.4 Å². The normalized spacial score (nSPS) is 15.6. The molecule has 2 aromatic heterocycles. The second kappa shape index (κ2) is 9.59. The first-order chi connectivity index (χ1) is 18.3. The van der Waals surface area contributed by atoms with Crippen molar-refractivity contribution in [3.8, 4) is 11.3 Å². The van der Waals surface area contributed by atoms with Gasteiger partial charge in [0, 0.05) is 28.1 Å². The average Bonchev–Trinajstić information content (AvgIpc) is 3.59. The van der Waals surface area contributed by atoms with Gasteiger partial charge in [-0.1, -0.05) is 54.1 Å². The lowest BCUT2D eigenvalue weighted by Crippen LogP contribution is -2.20. The highest BCUT2D eigenvalue weighted by molar-refractivity contribution is 7.92. The zero-order chi connectivity index (χ0) is 26.3. The predicted octanol–water partition coefficient (Wildman–Crippen LogP) is 6.27. The first-order valence-electron chi connectivity index (χ1n) is 11.9. The van der Waals surface area contributed by atoms with E-state index in [0.29, 0.717) is 23.1 Å². The van der Waals surface area contributed by atoms with Gasteiger partial charge in [-0.3, -0.25) is 4.72 Å². The number of benzene rings is 3. The fraction of sp³-hybridized carbons (Fsp3) is 0.107. The number of aromatic nitrogens is 2. The standard InChI is InChI=1S/C28H22ClN5O3S/c1-38(35,36)33-21-12-9-18(10-13-21)24-17-25(26-8-5-15-37-26)34(32-24)28-30-23-14-11-20(29)16-22(23)27(31-28)19-6-3-2-4-7-19/h2-16,25,33H,17H2,1H3/t25-/m1/s1. The topological polar surface area (TPSA) is 101 Å². The number of rotatable bonds is 6. The first-order valence-corrected chi connectivity index (χ1v) is 14.1. The summed E-state index contributed by atoms with van der Waals surface area (Å²) in [7, 11) is -3.37. The van der Waals surface area contributed by atoms with Crippen molar-refractivity contribution in [3.05, 3.63) is 108 Å². The number of hydrogen-bond donors (Lipinski definition) is 1. The minimum atomic E-state index is -3.37. The summed E-state index contributed by atoms with van der Waals surface area (Å²) in [6, 6.07) is 26.1. The molecule has 0 saturated heterocycles. The van der Waals surface area contributed by atoms with E-state index in [1.54, 1.807) is 23.4 Å². The third-order valence-corrected chi connectivity index (χ3v) is 7.04. The quantitative estimate of drug-likeness (QED) is 0.271. The highest BCUT2D eigenvalue weighted by Gasteiger charge is 2.34. The van der Waals surface area contributed by atoms with Crippen LogP contribution in [0.2, 0.25) is 5.02 Å². The smallest absolute Gasteiger partial charge is 0.248 e. The van der Waals surface area contributed by atoms with E-state index < -0.39 is 10.0 Å². The number of nitrogens with one attached hydrogen (secondary N) is 1. The van der Waals surface area contributed by atoms with Gasteiger partial charge >= 0.3 is 0 Å². The van der Waals surface area contributed by atoms with Gasteiger partial charge in [0.15, 0.2) is 0 Å². The molecular weight excluding hydrogens is 522 g/mol. The van der Waals surface area contributed by atoms with Crippen LogP contribution in [-0.2, 0) is 10.0 Å². The van der Waals surface area contributed by atoms with Gasteiger partial charge in [-0.15, -0.1) is 0 Å². The summed E-state index contributed by atoms with van der Waals surface area (Å²) < 4.78 is 31.4. The molecule has 3 aromatic carbocycles. The Hall–Kier alpha value is -4.21. The van der Waals surface area contributed by atoms with Gasteiger partial charge in [0.2, 0.25) is 16.0 Å². The van der Waals surface area contributed by atoms with Crippen molar-refractivity contribution < 1.29 is 12.8 Å². The molecule has 190 valence electrons. The molecule has 38 heavy (non-hydrogen) atoms. The summed E-state index contributed by atoms with van der Waals surface area (Å²) in [6.07, 6.45) is 3.31. The molecule has 10 heteroatoms. The van der Waals surface area contributed by atoms with Crippen LogP contribution < -0.4 is 9.73 Å². The number of hydrogen-bond acceptors (Lipinski definition) is 7. The summed E-state index contributed by atoms with van der Waals surface area (Å²) >= 11 is 6.33. The molecular formula is C28H22ClN5O3S. The van der Waals surface area contributed by atoms with E-state index in [1.165, 1.54) is 0 Å². The Bertz CT molecular complexity index is 1760. The van der Waals surface area contributed by atoms with Crippen molar-refractivity contribution in [2.45, 2.75) is 12.5 Å². The fourth-order valence-corrected chi connectivity index (χ4v) is 5.26. The lowest BCUT2D eigenvalue weighted by Gasteiger charge is -2.21. The molecule has 6 rings (SSSR count). The van der Waals surface area contributed by atoms with Crippen molar-refractivity contribution in [2.75, 3.05) is 16.0 Å². The summed E-state index contributed by atoms with van der Waals surface area (Å²) in [5, 5.41) is 8.17. The number of fused-ring (bicyclic) bond motifs is 1. The van der Waals surface area contributed by atoms with Gasteiger partial charge in [0.05, 0.1) is 29.4 Å². The maximum absolute atomic E-state index is 11.6. The summed E-state index contributed by atoms with van der Waals surface area (Å²) in [4.78, 5) is 9.83. The molecule has 0 saturated carbocycles. The van der Waals surface area contributed by atoms with Crippen LogP contribution in [0.1, 0.15) is 23.8 Å². The molecule has 8 nitrogen and oxygen atoms in total. The predicted molar refractivity (Wildman–Crippen MR) is 150 cm³/mol. The van der Waals surface area contributed by atoms with Crippen molar-refractivity contribution in [3.63, 3.8) is 0 Å². The molecule has 0 amide bonds. The molecule has 5 aromatic rings. The monoisotopic (exact) mass is 543 g/mol. The summed E-state index contributed by atoms with van der Waals surface area (Å²) in [5.41, 5.74) is 4.59. The lowest BCUT2D eigenvalue weighted by molar-refractivity contribution is 0.463. The van der Waals surface area contributed by atoms with E-state index in [-0.39, 0.29) is 6.04 Å². The Morgan fingerprint density at radius 2 is 1.74 bits per heavy atom. The van der Waals surface area contributed by atoms with Crippen LogP contribution >= 0.6 is 11.6 Å². The maximum Gasteiger partial charge on any atom is 0.248 e. The van der Waals surface area contributed by atoms with Crippen LogP contribution in [0.15, 0.2) is 101 Å². The van der Waals surface area contributed by atoms with Crippen LogP contribution in [0, 0.1) is 0 Å². The van der Waals surface area contributed by atoms with E-state index in [9.17, 15) is 8.42 Å². The molecule has 0 unspecified atom stereocenters. The van der Waals surface area contributed by atoms with E-state index in [0.717, 1.165) is 45.5 Å². The lowest BCUT2D eigenvalue weighted by atomic mass is 10.0. The van der Waals surface area contributed by atoms with Crippen LogP contribution in [0.3, 0.4) is 0 Å². The highest BCUT2D eigenvalue weighted by atomic mass is 35.5. The molecule has 0 bridgehead atoms. The third kappa shape index (κ3) is 4.85. The summed E-state index contributed by atoms with van der Waals surface area (Å²) in [6.45, 7) is 0. The molecule has 1 aliphatic rings. The number of hydrazone groups is 1. The zero-order valence-corrected chi connectivity index (χ0v) is 21.8. The second-order valence-corrected chi connectivity index (χ2v) is 11.2. The van der Waals surface area contributed by atoms with E-state index >= 15 is 0 Å². The third-order valence-electron chi connectivity index (χ3n) is 6.20. The molecule has 0 fully saturated rings. The van der Waals surface area contributed by atoms with Crippen LogP contribution in [0.25, 0.3) is 22.2 Å². The number of anilines is 2. The molecule has 0 radical (unpaired) electrons. The van der Waals surface area contributed by atoms with Crippen molar-refractivity contribution >= 4 is 49.9 Å². The maximum atomic E-state index is 11.6. The van der Waals surface area contributed by atoms with Gasteiger partial charge in [0.1, 0.15) is 11.8 Å². The van der Waals surface area contributed by atoms with Gasteiger partial charge < -0.3 is 4.42 Å². The van der Waals surface area contributed by atoms with Crippen molar-refractivity contribution in [1.29, 1.82) is 0 Å². The van der Waals surface area contributed by atoms with E-state index in [2.05, 4.69) is 4.72 Å². The Kier molecular flexibility index (Phi) is 6.09. The second-order valence-electron chi connectivity index (χ2n) is 8.98. The number of sulfonamides is 1. The minimum Gasteiger partial charge on any atom is -0.467 e. The first kappa shape index (κ1) is 24.1. The largest absolute Gasteiger partial charge is 0.467 e. The zero-order valence-electron chi connectivity index (χ0n) is 20.2. The van der Waals surface area contributed by atoms with Crippen LogP contribution in [0.4, 0.5) is 11.6 Å². The van der Waals surface area contributed by atoms with Crippen LogP contribution in [-0.4, -0.2) is 30.4 Å². The minimum absolute atomic E-state index is 0.262. The Morgan fingerprint density at radius 1 is 0.947 bits per heavy atom. The Labute approximate surface area is 224 Å². The van der Waals surface area contributed by atoms with Gasteiger partial charge in [-0.05, 0) is 48.0 Å². The fourth-order valence-electron chi connectivity index (χ4n) is 4.52.